The summed E-state index contributed by atoms with van der Waals surface area (Å²) < 4.78 is 0. The van der Waals surface area contributed by atoms with Crippen LogP contribution in [0.3, 0.4) is 0 Å². The fourth-order valence-corrected chi connectivity index (χ4v) is 12.0. The number of anilines is 8. The fraction of sp³-hybridized carbons (Fsp3) is 0.111. The fourth-order valence-electron chi connectivity index (χ4n) is 10.6. The van der Waals surface area contributed by atoms with Gasteiger partial charge in [0, 0.05) is 66.0 Å². The standard InChI is InChI=1S/C54H42BN3S/c1-53(2)41-25-14-16-29-46(41)57-48-32-38(56(35-19-8-5-9-20-35)36-21-10-6-11-22-36)31-40-39-33-50-44(54(3,4)42-26-15-17-30-49(42)59-50)34-47(39)58(37-23-12-7-13-24-37)55(51(40)48)45-28-18-27-43(53)52(45)57/h5-34H,1-4H3. The highest BCUT2D eigenvalue weighted by molar-refractivity contribution is 7.99. The van der Waals surface area contributed by atoms with Crippen LogP contribution in [-0.4, -0.2) is 6.85 Å². The Balaban J connectivity index is 1.23. The van der Waals surface area contributed by atoms with Crippen LogP contribution in [0.25, 0.3) is 11.1 Å². The van der Waals surface area contributed by atoms with Crippen LogP contribution in [0.2, 0.25) is 0 Å². The van der Waals surface area contributed by atoms with Gasteiger partial charge in [-0.1, -0.05) is 149 Å². The van der Waals surface area contributed by atoms with E-state index in [1.165, 1.54) is 82.5 Å². The van der Waals surface area contributed by atoms with E-state index in [9.17, 15) is 0 Å². The second-order valence-electron chi connectivity index (χ2n) is 17.4. The summed E-state index contributed by atoms with van der Waals surface area (Å²) in [6.45, 7) is 9.54. The molecule has 0 spiro atoms. The molecule has 8 aromatic rings. The van der Waals surface area contributed by atoms with Crippen molar-refractivity contribution in [1.29, 1.82) is 0 Å². The molecule has 0 aliphatic carbocycles. The SMILES string of the molecule is CC1(C)c2ccccc2Sc2cc3c(cc21)N(c1ccccc1)B1c2cccc4c2N(c2ccccc2C4(C)C)c2cc(N(c4ccccc4)c4ccccc4)cc-3c21. The molecule has 59 heavy (non-hydrogen) atoms. The maximum Gasteiger partial charge on any atom is 0.333 e. The van der Waals surface area contributed by atoms with Crippen molar-refractivity contribution >= 4 is 75.0 Å². The Morgan fingerprint density at radius 1 is 0.458 bits per heavy atom. The van der Waals surface area contributed by atoms with Crippen molar-refractivity contribution < 1.29 is 0 Å². The molecule has 0 unspecified atom stereocenters. The first kappa shape index (κ1) is 34.6. The minimum Gasteiger partial charge on any atom is -0.376 e. The first-order chi connectivity index (χ1) is 28.8. The minimum absolute atomic E-state index is 0.0668. The Morgan fingerprint density at radius 2 is 1.07 bits per heavy atom. The van der Waals surface area contributed by atoms with Crippen LogP contribution < -0.4 is 25.5 Å². The zero-order chi connectivity index (χ0) is 39.6. The molecule has 4 aliphatic heterocycles. The molecule has 0 amide bonds. The summed E-state index contributed by atoms with van der Waals surface area (Å²) in [5.74, 6) is 0. The minimum atomic E-state index is -0.200. The smallest absolute Gasteiger partial charge is 0.333 e. The molecule has 4 aliphatic rings. The molecule has 0 fully saturated rings. The summed E-state index contributed by atoms with van der Waals surface area (Å²) in [5.41, 5.74) is 19.9. The van der Waals surface area contributed by atoms with Gasteiger partial charge in [0.05, 0.1) is 5.69 Å². The zero-order valence-corrected chi connectivity index (χ0v) is 34.5. The number of nitrogens with zero attached hydrogens (tertiary/aromatic N) is 3. The third kappa shape index (κ3) is 4.86. The molecular weight excluding hydrogens is 733 g/mol. The molecule has 0 bridgehead atoms. The van der Waals surface area contributed by atoms with E-state index in [1.54, 1.807) is 0 Å². The maximum absolute atomic E-state index is 2.66. The Morgan fingerprint density at radius 3 is 1.80 bits per heavy atom. The van der Waals surface area contributed by atoms with E-state index in [-0.39, 0.29) is 17.7 Å². The van der Waals surface area contributed by atoms with Gasteiger partial charge in [-0.05, 0) is 112 Å². The Hall–Kier alpha value is -6.43. The molecule has 282 valence electrons. The van der Waals surface area contributed by atoms with E-state index in [0.29, 0.717) is 0 Å². The quantitative estimate of drug-likeness (QED) is 0.165. The lowest BCUT2D eigenvalue weighted by atomic mass is 9.42. The van der Waals surface area contributed by atoms with Crippen molar-refractivity contribution in [2.45, 2.75) is 48.3 Å². The monoisotopic (exact) mass is 775 g/mol. The predicted octanol–water partition coefficient (Wildman–Crippen LogP) is 13.3. The molecule has 0 radical (unpaired) electrons. The lowest BCUT2D eigenvalue weighted by Crippen LogP contribution is -2.62. The van der Waals surface area contributed by atoms with Crippen LogP contribution in [0.1, 0.15) is 49.9 Å². The van der Waals surface area contributed by atoms with Crippen LogP contribution in [-0.2, 0) is 10.8 Å². The van der Waals surface area contributed by atoms with Gasteiger partial charge in [-0.15, -0.1) is 0 Å². The number of benzene rings is 8. The van der Waals surface area contributed by atoms with E-state index in [1.807, 2.05) is 11.8 Å². The van der Waals surface area contributed by atoms with Crippen molar-refractivity contribution in [2.24, 2.45) is 0 Å². The van der Waals surface area contributed by atoms with E-state index >= 15 is 0 Å². The molecule has 5 heteroatoms. The van der Waals surface area contributed by atoms with Gasteiger partial charge >= 0.3 is 6.85 Å². The maximum atomic E-state index is 2.66. The van der Waals surface area contributed by atoms with Crippen molar-refractivity contribution in [3.8, 4) is 11.1 Å². The first-order valence-corrected chi connectivity index (χ1v) is 21.5. The van der Waals surface area contributed by atoms with Gasteiger partial charge in [0.25, 0.3) is 0 Å². The number of rotatable bonds is 4. The molecule has 12 rings (SSSR count). The summed E-state index contributed by atoms with van der Waals surface area (Å²) >= 11 is 1.91. The third-order valence-electron chi connectivity index (χ3n) is 13.4. The molecule has 0 saturated carbocycles. The van der Waals surface area contributed by atoms with Crippen LogP contribution in [0.5, 0.6) is 0 Å². The number of fused-ring (bicyclic) bond motifs is 8. The molecule has 0 atom stereocenters. The summed E-state index contributed by atoms with van der Waals surface area (Å²) in [6, 6.07) is 68.0. The van der Waals surface area contributed by atoms with Crippen LogP contribution in [0.4, 0.5) is 45.5 Å². The van der Waals surface area contributed by atoms with Crippen molar-refractivity contribution in [3.05, 3.63) is 204 Å². The lowest BCUT2D eigenvalue weighted by Gasteiger charge is -2.51. The van der Waals surface area contributed by atoms with E-state index < -0.39 is 0 Å². The molecule has 0 aromatic heterocycles. The predicted molar refractivity (Wildman–Crippen MR) is 250 cm³/mol. The van der Waals surface area contributed by atoms with Gasteiger partial charge < -0.3 is 14.6 Å². The summed E-state index contributed by atoms with van der Waals surface area (Å²) in [4.78, 5) is 10.4. The molecule has 8 aromatic carbocycles. The normalized spacial score (nSPS) is 15.6. The summed E-state index contributed by atoms with van der Waals surface area (Å²) in [5, 5.41) is 0. The third-order valence-corrected chi connectivity index (χ3v) is 14.5. The number of para-hydroxylation sites is 5. The van der Waals surface area contributed by atoms with Gasteiger partial charge in [-0.25, -0.2) is 0 Å². The van der Waals surface area contributed by atoms with Crippen LogP contribution >= 0.6 is 11.8 Å². The highest BCUT2D eigenvalue weighted by Crippen LogP contribution is 2.58. The van der Waals surface area contributed by atoms with Crippen LogP contribution in [0, 0.1) is 0 Å². The average molecular weight is 776 g/mol. The molecule has 0 N–H and O–H groups in total. The topological polar surface area (TPSA) is 9.72 Å². The first-order valence-electron chi connectivity index (χ1n) is 20.7. The Labute approximate surface area is 351 Å². The van der Waals surface area contributed by atoms with Crippen molar-refractivity contribution in [1.82, 2.24) is 0 Å². The second kappa shape index (κ2) is 12.5. The van der Waals surface area contributed by atoms with E-state index in [4.69, 9.17) is 0 Å². The van der Waals surface area contributed by atoms with Crippen LogP contribution in [0.15, 0.2) is 192 Å². The second-order valence-corrected chi connectivity index (χ2v) is 18.4. The largest absolute Gasteiger partial charge is 0.376 e. The van der Waals surface area contributed by atoms with E-state index in [0.717, 1.165) is 17.1 Å². The average Bonchev–Trinajstić information content (AvgIpc) is 3.27. The molecule has 4 heterocycles. The zero-order valence-electron chi connectivity index (χ0n) is 33.6. The molecule has 3 nitrogen and oxygen atoms in total. The number of hydrogen-bond acceptors (Lipinski definition) is 4. The molecular formula is C54H42BN3S. The van der Waals surface area contributed by atoms with Gasteiger partial charge in [-0.2, -0.15) is 0 Å². The van der Waals surface area contributed by atoms with Crippen molar-refractivity contribution in [2.75, 3.05) is 14.6 Å². The molecule has 0 saturated heterocycles. The van der Waals surface area contributed by atoms with Gasteiger partial charge in [-0.3, -0.25) is 0 Å². The highest BCUT2D eigenvalue weighted by atomic mass is 32.2. The highest BCUT2D eigenvalue weighted by Gasteiger charge is 2.50. The number of hydrogen-bond donors (Lipinski definition) is 0. The Bertz CT molecular complexity index is 2960. The van der Waals surface area contributed by atoms with E-state index in [2.05, 4.69) is 224 Å². The van der Waals surface area contributed by atoms with Gasteiger partial charge in [0.2, 0.25) is 0 Å². The van der Waals surface area contributed by atoms with Gasteiger partial charge in [0.1, 0.15) is 0 Å². The summed E-state index contributed by atoms with van der Waals surface area (Å²) in [6.07, 6.45) is 0. The Kier molecular flexibility index (Phi) is 7.35. The summed E-state index contributed by atoms with van der Waals surface area (Å²) in [7, 11) is 0. The lowest BCUT2D eigenvalue weighted by molar-refractivity contribution is 0.607. The van der Waals surface area contributed by atoms with Gasteiger partial charge in [0.15, 0.2) is 0 Å². The van der Waals surface area contributed by atoms with Crippen molar-refractivity contribution in [3.63, 3.8) is 0 Å².